The highest BCUT2D eigenvalue weighted by Crippen LogP contribution is 2.20. The largest absolute Gasteiger partial charge is 0.355 e. The van der Waals surface area contributed by atoms with Crippen LogP contribution in [0.15, 0.2) is 46.9 Å². The van der Waals surface area contributed by atoms with E-state index in [-0.39, 0.29) is 31.2 Å². The third-order valence-corrected chi connectivity index (χ3v) is 4.32. The molecule has 0 aliphatic carbocycles. The summed E-state index contributed by atoms with van der Waals surface area (Å²) in [5.41, 5.74) is 2.51. The first-order valence-electron chi connectivity index (χ1n) is 7.52. The Bertz CT molecular complexity index is 750. The number of rotatable bonds is 6. The number of hydrogen-bond donors (Lipinski definition) is 2. The lowest BCUT2D eigenvalue weighted by atomic mass is 10.1. The van der Waals surface area contributed by atoms with Gasteiger partial charge in [0, 0.05) is 28.1 Å². The Morgan fingerprint density at radius 3 is 2.62 bits per heavy atom. The van der Waals surface area contributed by atoms with Crippen molar-refractivity contribution in [3.05, 3.63) is 63.1 Å². The smallest absolute Gasteiger partial charge is 0.226 e. The van der Waals surface area contributed by atoms with Crippen molar-refractivity contribution in [1.82, 2.24) is 5.32 Å². The standard InChI is InChI=1S/C18H18BrClN2O2/c1-12-6-7-14(19)11-16(12)22-17(23)8-9-21-18(24)10-13-4-2-3-5-15(13)20/h2-7,11H,8-10H2,1H3,(H,21,24)(H,22,23). The van der Waals surface area contributed by atoms with E-state index in [9.17, 15) is 9.59 Å². The molecule has 0 radical (unpaired) electrons. The number of nitrogens with one attached hydrogen (secondary N) is 2. The first-order chi connectivity index (χ1) is 11.5. The van der Waals surface area contributed by atoms with E-state index >= 15 is 0 Å². The van der Waals surface area contributed by atoms with Crippen LogP contribution < -0.4 is 10.6 Å². The van der Waals surface area contributed by atoms with Gasteiger partial charge in [0.25, 0.3) is 0 Å². The number of hydrogen-bond acceptors (Lipinski definition) is 2. The molecule has 0 aliphatic rings. The van der Waals surface area contributed by atoms with Crippen LogP contribution in [0.2, 0.25) is 5.02 Å². The number of halogens is 2. The number of benzene rings is 2. The zero-order valence-corrected chi connectivity index (χ0v) is 15.6. The molecule has 6 heteroatoms. The first kappa shape index (κ1) is 18.5. The van der Waals surface area contributed by atoms with Crippen molar-refractivity contribution in [3.63, 3.8) is 0 Å². The highest BCUT2D eigenvalue weighted by molar-refractivity contribution is 9.10. The third kappa shape index (κ3) is 5.65. The van der Waals surface area contributed by atoms with Crippen molar-refractivity contribution < 1.29 is 9.59 Å². The Balaban J connectivity index is 1.77. The Morgan fingerprint density at radius 1 is 1.12 bits per heavy atom. The zero-order chi connectivity index (χ0) is 17.5. The number of aryl methyl sites for hydroxylation is 1. The maximum atomic E-state index is 12.0. The maximum absolute atomic E-state index is 12.0. The SMILES string of the molecule is Cc1ccc(Br)cc1NC(=O)CCNC(=O)Cc1ccccc1Cl. The summed E-state index contributed by atoms with van der Waals surface area (Å²) in [6.07, 6.45) is 0.409. The third-order valence-electron chi connectivity index (χ3n) is 3.46. The van der Waals surface area contributed by atoms with Gasteiger partial charge in [-0.2, -0.15) is 0 Å². The highest BCUT2D eigenvalue weighted by atomic mass is 79.9. The molecule has 0 heterocycles. The second-order valence-corrected chi connectivity index (χ2v) is 6.70. The Kier molecular flexibility index (Phi) is 6.82. The van der Waals surface area contributed by atoms with Crippen LogP contribution in [0, 0.1) is 6.92 Å². The van der Waals surface area contributed by atoms with Crippen molar-refractivity contribution in [2.45, 2.75) is 19.8 Å². The first-order valence-corrected chi connectivity index (χ1v) is 8.69. The lowest BCUT2D eigenvalue weighted by Crippen LogP contribution is -2.29. The van der Waals surface area contributed by atoms with Crippen molar-refractivity contribution >= 4 is 45.0 Å². The average Bonchev–Trinajstić information content (AvgIpc) is 2.53. The van der Waals surface area contributed by atoms with Gasteiger partial charge in [0.2, 0.25) is 11.8 Å². The van der Waals surface area contributed by atoms with E-state index in [2.05, 4.69) is 26.6 Å². The van der Waals surface area contributed by atoms with Crippen LogP contribution in [0.4, 0.5) is 5.69 Å². The van der Waals surface area contributed by atoms with Crippen LogP contribution in [-0.4, -0.2) is 18.4 Å². The van der Waals surface area contributed by atoms with Crippen LogP contribution in [0.25, 0.3) is 0 Å². The fourth-order valence-corrected chi connectivity index (χ4v) is 2.70. The van der Waals surface area contributed by atoms with Crippen molar-refractivity contribution in [2.75, 3.05) is 11.9 Å². The molecule has 2 rings (SSSR count). The molecule has 0 bridgehead atoms. The van der Waals surface area contributed by atoms with E-state index in [1.807, 2.05) is 43.3 Å². The van der Waals surface area contributed by atoms with E-state index in [0.717, 1.165) is 21.3 Å². The number of carbonyl (C=O) groups excluding carboxylic acids is 2. The summed E-state index contributed by atoms with van der Waals surface area (Å²) in [7, 11) is 0. The van der Waals surface area contributed by atoms with Crippen LogP contribution >= 0.6 is 27.5 Å². The molecule has 0 fully saturated rings. The molecule has 0 spiro atoms. The second-order valence-electron chi connectivity index (χ2n) is 5.38. The predicted octanol–water partition coefficient (Wildman–Crippen LogP) is 4.10. The summed E-state index contributed by atoms with van der Waals surface area (Å²) >= 11 is 9.40. The average molecular weight is 410 g/mol. The zero-order valence-electron chi connectivity index (χ0n) is 13.2. The van der Waals surface area contributed by atoms with Crippen LogP contribution in [0.3, 0.4) is 0 Å². The van der Waals surface area contributed by atoms with Gasteiger partial charge < -0.3 is 10.6 Å². The summed E-state index contributed by atoms with van der Waals surface area (Å²) in [4.78, 5) is 23.9. The molecule has 2 N–H and O–H groups in total. The molecule has 2 amide bonds. The van der Waals surface area contributed by atoms with Gasteiger partial charge in [0.15, 0.2) is 0 Å². The van der Waals surface area contributed by atoms with Gasteiger partial charge in [-0.05, 0) is 36.2 Å². The predicted molar refractivity (Wildman–Crippen MR) is 100 cm³/mol. The van der Waals surface area contributed by atoms with E-state index in [4.69, 9.17) is 11.6 Å². The topological polar surface area (TPSA) is 58.2 Å². The minimum atomic E-state index is -0.158. The molecular weight excluding hydrogens is 392 g/mol. The molecule has 0 atom stereocenters. The van der Waals surface area contributed by atoms with Crippen molar-refractivity contribution in [2.24, 2.45) is 0 Å². The molecule has 0 aliphatic heterocycles. The van der Waals surface area contributed by atoms with Gasteiger partial charge >= 0.3 is 0 Å². The lowest BCUT2D eigenvalue weighted by Gasteiger charge is -2.10. The fraction of sp³-hybridized carbons (Fsp3) is 0.222. The Labute approximate surface area is 154 Å². The van der Waals surface area contributed by atoms with E-state index < -0.39 is 0 Å². The Hall–Kier alpha value is -1.85. The molecular formula is C18H18BrClN2O2. The van der Waals surface area contributed by atoms with Crippen LogP contribution in [-0.2, 0) is 16.0 Å². The monoisotopic (exact) mass is 408 g/mol. The lowest BCUT2D eigenvalue weighted by molar-refractivity contribution is -0.120. The molecule has 126 valence electrons. The number of carbonyl (C=O) groups is 2. The minimum Gasteiger partial charge on any atom is -0.355 e. The van der Waals surface area contributed by atoms with Crippen LogP contribution in [0.5, 0.6) is 0 Å². The van der Waals surface area contributed by atoms with E-state index in [1.54, 1.807) is 6.07 Å². The summed E-state index contributed by atoms with van der Waals surface area (Å²) < 4.78 is 0.899. The highest BCUT2D eigenvalue weighted by Gasteiger charge is 2.08. The molecule has 2 aromatic rings. The van der Waals surface area contributed by atoms with Gasteiger partial charge in [-0.3, -0.25) is 9.59 Å². The minimum absolute atomic E-state index is 0.144. The van der Waals surface area contributed by atoms with E-state index in [1.165, 1.54) is 0 Å². The van der Waals surface area contributed by atoms with Gasteiger partial charge in [0.1, 0.15) is 0 Å². The molecule has 0 saturated heterocycles. The summed E-state index contributed by atoms with van der Waals surface area (Å²) in [5.74, 6) is -0.302. The fourth-order valence-electron chi connectivity index (χ4n) is 2.13. The van der Waals surface area contributed by atoms with Crippen molar-refractivity contribution in [1.29, 1.82) is 0 Å². The molecule has 0 aromatic heterocycles. The van der Waals surface area contributed by atoms with Gasteiger partial charge in [0.05, 0.1) is 6.42 Å². The van der Waals surface area contributed by atoms with Gasteiger partial charge in [-0.25, -0.2) is 0 Å². The molecule has 4 nitrogen and oxygen atoms in total. The second kappa shape index (κ2) is 8.85. The van der Waals surface area contributed by atoms with E-state index in [0.29, 0.717) is 5.02 Å². The maximum Gasteiger partial charge on any atom is 0.226 e. The Morgan fingerprint density at radius 2 is 1.88 bits per heavy atom. The molecule has 24 heavy (non-hydrogen) atoms. The number of amides is 2. The van der Waals surface area contributed by atoms with Crippen molar-refractivity contribution in [3.8, 4) is 0 Å². The van der Waals surface area contributed by atoms with Gasteiger partial charge in [-0.1, -0.05) is 51.8 Å². The molecule has 0 unspecified atom stereocenters. The number of anilines is 1. The summed E-state index contributed by atoms with van der Waals surface area (Å²) in [5, 5.41) is 6.14. The quantitative estimate of drug-likeness (QED) is 0.754. The summed E-state index contributed by atoms with van der Waals surface area (Å²) in [6.45, 7) is 2.20. The molecule has 0 saturated carbocycles. The molecule has 2 aromatic carbocycles. The van der Waals surface area contributed by atoms with Crippen LogP contribution in [0.1, 0.15) is 17.5 Å². The normalized spacial score (nSPS) is 10.3. The van der Waals surface area contributed by atoms with Gasteiger partial charge in [-0.15, -0.1) is 0 Å². The summed E-state index contributed by atoms with van der Waals surface area (Å²) in [6, 6.07) is 12.9.